The smallest absolute Gasteiger partial charge is 0.258 e. The number of carbonyl (C=O) groups is 1. The highest BCUT2D eigenvalue weighted by atomic mass is 19.1. The maximum absolute atomic E-state index is 13.4. The largest absolute Gasteiger partial charge is 0.305 e. The van der Waals surface area contributed by atoms with Crippen molar-refractivity contribution in [2.75, 3.05) is 4.90 Å². The van der Waals surface area contributed by atoms with Crippen LogP contribution in [-0.4, -0.2) is 11.9 Å². The van der Waals surface area contributed by atoms with Gasteiger partial charge in [-0.15, -0.1) is 0 Å². The van der Waals surface area contributed by atoms with E-state index in [-0.39, 0.29) is 17.8 Å². The molecule has 2 aromatic rings. The second-order valence-electron chi connectivity index (χ2n) is 5.66. The van der Waals surface area contributed by atoms with E-state index in [4.69, 9.17) is 0 Å². The lowest BCUT2D eigenvalue weighted by Gasteiger charge is -2.35. The molecule has 0 saturated heterocycles. The van der Waals surface area contributed by atoms with E-state index in [2.05, 4.69) is 13.0 Å². The van der Waals surface area contributed by atoms with Gasteiger partial charge in [-0.3, -0.25) is 4.79 Å². The molecule has 21 heavy (non-hydrogen) atoms. The Morgan fingerprint density at radius 3 is 2.76 bits per heavy atom. The summed E-state index contributed by atoms with van der Waals surface area (Å²) in [5.74, 6) is -0.337. The van der Waals surface area contributed by atoms with E-state index in [0.717, 1.165) is 18.5 Å². The number of aryl methyl sites for hydroxylation is 2. The maximum atomic E-state index is 13.4. The van der Waals surface area contributed by atoms with Gasteiger partial charge >= 0.3 is 0 Å². The lowest BCUT2D eigenvalue weighted by atomic mass is 9.95. The van der Waals surface area contributed by atoms with Crippen LogP contribution in [0.4, 0.5) is 10.1 Å². The Balaban J connectivity index is 2.02. The molecule has 2 nitrogen and oxygen atoms in total. The SMILES string of the molecule is Cc1cc(C(=O)N2c3ccccc3CCC2C)ccc1F. The molecule has 2 aromatic carbocycles. The van der Waals surface area contributed by atoms with Crippen LogP contribution in [0.1, 0.15) is 34.8 Å². The summed E-state index contributed by atoms with van der Waals surface area (Å²) in [5, 5.41) is 0. The molecule has 0 radical (unpaired) electrons. The third-order valence-corrected chi connectivity index (χ3v) is 4.15. The Kier molecular flexibility index (Phi) is 3.50. The van der Waals surface area contributed by atoms with E-state index in [9.17, 15) is 9.18 Å². The van der Waals surface area contributed by atoms with Crippen LogP contribution in [0.2, 0.25) is 0 Å². The van der Waals surface area contributed by atoms with Crippen molar-refractivity contribution in [3.05, 3.63) is 65.0 Å². The van der Waals surface area contributed by atoms with Crippen LogP contribution in [0.15, 0.2) is 42.5 Å². The minimum absolute atomic E-state index is 0.0576. The first-order chi connectivity index (χ1) is 10.1. The zero-order chi connectivity index (χ0) is 15.0. The molecular formula is C18H18FNO. The number of anilines is 1. The summed E-state index contributed by atoms with van der Waals surface area (Å²) >= 11 is 0. The number of para-hydroxylation sites is 1. The second kappa shape index (κ2) is 5.32. The van der Waals surface area contributed by atoms with Crippen molar-refractivity contribution in [2.45, 2.75) is 32.7 Å². The van der Waals surface area contributed by atoms with Crippen molar-refractivity contribution in [2.24, 2.45) is 0 Å². The molecule has 0 aromatic heterocycles. The minimum atomic E-state index is -0.279. The maximum Gasteiger partial charge on any atom is 0.258 e. The van der Waals surface area contributed by atoms with Gasteiger partial charge < -0.3 is 4.90 Å². The fourth-order valence-electron chi connectivity index (χ4n) is 2.91. The standard InChI is InChI=1S/C18H18FNO/c1-12-11-15(9-10-16(12)19)18(21)20-13(2)7-8-14-5-3-4-6-17(14)20/h3-6,9-11,13H,7-8H2,1-2H3. The van der Waals surface area contributed by atoms with Crippen molar-refractivity contribution in [1.29, 1.82) is 0 Å². The average molecular weight is 283 g/mol. The van der Waals surface area contributed by atoms with Gasteiger partial charge in [-0.1, -0.05) is 18.2 Å². The summed E-state index contributed by atoms with van der Waals surface area (Å²) in [5.41, 5.74) is 3.21. The first-order valence-corrected chi connectivity index (χ1v) is 7.25. The molecule has 0 bridgehead atoms. The first-order valence-electron chi connectivity index (χ1n) is 7.25. The number of carbonyl (C=O) groups excluding carboxylic acids is 1. The number of hydrogen-bond acceptors (Lipinski definition) is 1. The Morgan fingerprint density at radius 1 is 1.24 bits per heavy atom. The van der Waals surface area contributed by atoms with E-state index in [1.54, 1.807) is 19.1 Å². The number of hydrogen-bond donors (Lipinski definition) is 0. The summed E-state index contributed by atoms with van der Waals surface area (Å²) in [6, 6.07) is 12.7. The van der Waals surface area contributed by atoms with Crippen molar-refractivity contribution in [1.82, 2.24) is 0 Å². The van der Waals surface area contributed by atoms with Gasteiger partial charge in [-0.05, 0) is 62.1 Å². The van der Waals surface area contributed by atoms with Crippen LogP contribution < -0.4 is 4.90 Å². The van der Waals surface area contributed by atoms with Gasteiger partial charge in [-0.2, -0.15) is 0 Å². The Morgan fingerprint density at radius 2 is 2.00 bits per heavy atom. The molecule has 0 N–H and O–H groups in total. The lowest BCUT2D eigenvalue weighted by Crippen LogP contribution is -2.42. The second-order valence-corrected chi connectivity index (χ2v) is 5.66. The molecule has 108 valence electrons. The van der Waals surface area contributed by atoms with E-state index in [1.165, 1.54) is 11.6 Å². The number of nitrogens with zero attached hydrogens (tertiary/aromatic N) is 1. The average Bonchev–Trinajstić information content (AvgIpc) is 2.49. The van der Waals surface area contributed by atoms with Gasteiger partial charge in [0, 0.05) is 17.3 Å². The first kappa shape index (κ1) is 13.8. The number of halogens is 1. The molecule has 0 spiro atoms. The van der Waals surface area contributed by atoms with E-state index >= 15 is 0 Å². The van der Waals surface area contributed by atoms with E-state index in [1.807, 2.05) is 23.1 Å². The highest BCUT2D eigenvalue weighted by Gasteiger charge is 2.28. The van der Waals surface area contributed by atoms with Crippen LogP contribution in [0.3, 0.4) is 0 Å². The van der Waals surface area contributed by atoms with Crippen LogP contribution in [0.5, 0.6) is 0 Å². The van der Waals surface area contributed by atoms with Gasteiger partial charge in [-0.25, -0.2) is 4.39 Å². The van der Waals surface area contributed by atoms with Crippen LogP contribution in [-0.2, 0) is 6.42 Å². The molecule has 1 unspecified atom stereocenters. The lowest BCUT2D eigenvalue weighted by molar-refractivity contribution is 0.0975. The zero-order valence-corrected chi connectivity index (χ0v) is 12.3. The molecule has 0 aliphatic carbocycles. The molecule has 1 atom stereocenters. The molecule has 0 fully saturated rings. The number of fused-ring (bicyclic) bond motifs is 1. The highest BCUT2D eigenvalue weighted by molar-refractivity contribution is 6.07. The third kappa shape index (κ3) is 2.44. The van der Waals surface area contributed by atoms with Gasteiger partial charge in [0.25, 0.3) is 5.91 Å². The summed E-state index contributed by atoms with van der Waals surface area (Å²) in [6.07, 6.45) is 1.94. The van der Waals surface area contributed by atoms with Crippen LogP contribution in [0, 0.1) is 12.7 Å². The topological polar surface area (TPSA) is 20.3 Å². The number of rotatable bonds is 1. The molecule has 3 heteroatoms. The van der Waals surface area contributed by atoms with Crippen molar-refractivity contribution in [3.8, 4) is 0 Å². The van der Waals surface area contributed by atoms with Gasteiger partial charge in [0.05, 0.1) is 0 Å². The molecule has 1 aliphatic rings. The van der Waals surface area contributed by atoms with Crippen LogP contribution in [0.25, 0.3) is 0 Å². The van der Waals surface area contributed by atoms with E-state index < -0.39 is 0 Å². The summed E-state index contributed by atoms with van der Waals surface area (Å²) in [6.45, 7) is 3.74. The summed E-state index contributed by atoms with van der Waals surface area (Å²) in [4.78, 5) is 14.7. The fourth-order valence-corrected chi connectivity index (χ4v) is 2.91. The summed E-state index contributed by atoms with van der Waals surface area (Å²) < 4.78 is 13.4. The molecule has 0 saturated carbocycles. The monoisotopic (exact) mass is 283 g/mol. The Labute approximate surface area is 124 Å². The quantitative estimate of drug-likeness (QED) is 0.771. The molecule has 1 heterocycles. The molecule has 1 aliphatic heterocycles. The van der Waals surface area contributed by atoms with Gasteiger partial charge in [0.15, 0.2) is 0 Å². The Bertz CT molecular complexity index is 695. The van der Waals surface area contributed by atoms with Gasteiger partial charge in [0.2, 0.25) is 0 Å². The van der Waals surface area contributed by atoms with Crippen molar-refractivity contribution in [3.63, 3.8) is 0 Å². The fraction of sp³-hybridized carbons (Fsp3) is 0.278. The molecular weight excluding hydrogens is 265 g/mol. The molecule has 1 amide bonds. The minimum Gasteiger partial charge on any atom is -0.305 e. The predicted octanol–water partition coefficient (Wildman–Crippen LogP) is 4.12. The van der Waals surface area contributed by atoms with Crippen molar-refractivity contribution < 1.29 is 9.18 Å². The normalized spacial score (nSPS) is 17.5. The van der Waals surface area contributed by atoms with Crippen molar-refractivity contribution >= 4 is 11.6 Å². The molecule has 3 rings (SSSR count). The number of benzene rings is 2. The Hall–Kier alpha value is -2.16. The predicted molar refractivity (Wildman–Crippen MR) is 82.2 cm³/mol. The number of amides is 1. The van der Waals surface area contributed by atoms with Crippen LogP contribution >= 0.6 is 0 Å². The van der Waals surface area contributed by atoms with E-state index in [0.29, 0.717) is 11.1 Å². The van der Waals surface area contributed by atoms with Gasteiger partial charge in [0.1, 0.15) is 5.82 Å². The zero-order valence-electron chi connectivity index (χ0n) is 12.3. The third-order valence-electron chi connectivity index (χ3n) is 4.15. The highest BCUT2D eigenvalue weighted by Crippen LogP contribution is 2.31. The summed E-state index contributed by atoms with van der Waals surface area (Å²) in [7, 11) is 0.